The van der Waals surface area contributed by atoms with Crippen LogP contribution in [0.4, 0.5) is 5.69 Å². The SMILES string of the molecule is OCCN1[C]CCc2ccccc21. The van der Waals surface area contributed by atoms with Crippen molar-refractivity contribution in [1.29, 1.82) is 0 Å². The summed E-state index contributed by atoms with van der Waals surface area (Å²) in [6.07, 6.45) is 2.02. The van der Waals surface area contributed by atoms with E-state index >= 15 is 0 Å². The summed E-state index contributed by atoms with van der Waals surface area (Å²) in [5, 5.41) is 8.86. The molecule has 0 fully saturated rings. The van der Waals surface area contributed by atoms with Crippen LogP contribution >= 0.6 is 0 Å². The number of aliphatic hydroxyl groups is 1. The lowest BCUT2D eigenvalue weighted by Gasteiger charge is -2.29. The first-order valence-electron chi connectivity index (χ1n) is 4.61. The maximum Gasteiger partial charge on any atom is 0.0916 e. The van der Waals surface area contributed by atoms with Gasteiger partial charge in [0.2, 0.25) is 0 Å². The second-order valence-electron chi connectivity index (χ2n) is 3.16. The Morgan fingerprint density at radius 1 is 1.38 bits per heavy atom. The maximum atomic E-state index is 8.86. The fourth-order valence-corrected chi connectivity index (χ4v) is 1.70. The van der Waals surface area contributed by atoms with Crippen molar-refractivity contribution in [3.63, 3.8) is 0 Å². The van der Waals surface area contributed by atoms with Crippen LogP contribution in [0.3, 0.4) is 0 Å². The number of aryl methyl sites for hydroxylation is 1. The van der Waals surface area contributed by atoms with Gasteiger partial charge in [-0.15, -0.1) is 0 Å². The van der Waals surface area contributed by atoms with Crippen LogP contribution in [0.1, 0.15) is 12.0 Å². The first-order chi connectivity index (χ1) is 6.42. The number of β-amino-alcohol motifs (C(OH)–C–C–N with tert-alkyl or cyclic N) is 1. The van der Waals surface area contributed by atoms with Gasteiger partial charge in [-0.25, -0.2) is 0 Å². The monoisotopic (exact) mass is 175 g/mol. The fourth-order valence-electron chi connectivity index (χ4n) is 1.70. The molecule has 2 radical (unpaired) electrons. The van der Waals surface area contributed by atoms with Crippen molar-refractivity contribution in [3.05, 3.63) is 36.4 Å². The zero-order chi connectivity index (χ0) is 9.10. The van der Waals surface area contributed by atoms with Gasteiger partial charge in [0.25, 0.3) is 0 Å². The van der Waals surface area contributed by atoms with Gasteiger partial charge in [0.1, 0.15) is 0 Å². The third-order valence-corrected chi connectivity index (χ3v) is 2.30. The lowest BCUT2D eigenvalue weighted by atomic mass is 10.0. The molecule has 68 valence electrons. The van der Waals surface area contributed by atoms with Crippen molar-refractivity contribution in [2.24, 2.45) is 0 Å². The highest BCUT2D eigenvalue weighted by Gasteiger charge is 2.15. The van der Waals surface area contributed by atoms with E-state index in [1.165, 1.54) is 11.3 Å². The number of fused-ring (bicyclic) bond motifs is 1. The van der Waals surface area contributed by atoms with Crippen LogP contribution < -0.4 is 4.90 Å². The molecule has 2 rings (SSSR count). The number of nitrogens with zero attached hydrogens (tertiary/aromatic N) is 1. The molecule has 0 bridgehead atoms. The molecule has 0 spiro atoms. The van der Waals surface area contributed by atoms with Crippen molar-refractivity contribution < 1.29 is 5.11 Å². The highest BCUT2D eigenvalue weighted by Crippen LogP contribution is 2.27. The maximum absolute atomic E-state index is 8.86. The summed E-state index contributed by atoms with van der Waals surface area (Å²) < 4.78 is 0. The summed E-state index contributed by atoms with van der Waals surface area (Å²) in [6, 6.07) is 8.30. The number of benzene rings is 1. The van der Waals surface area contributed by atoms with Gasteiger partial charge in [-0.1, -0.05) is 18.2 Å². The van der Waals surface area contributed by atoms with Gasteiger partial charge in [0.05, 0.1) is 13.2 Å². The number of aliphatic hydroxyl groups excluding tert-OH is 1. The molecule has 1 heterocycles. The predicted molar refractivity (Wildman–Crippen MR) is 52.4 cm³/mol. The second kappa shape index (κ2) is 3.79. The van der Waals surface area contributed by atoms with Crippen LogP contribution in [0.15, 0.2) is 24.3 Å². The summed E-state index contributed by atoms with van der Waals surface area (Å²) >= 11 is 0. The Bertz CT molecular complexity index is 285. The van der Waals surface area contributed by atoms with E-state index in [0.29, 0.717) is 6.54 Å². The first kappa shape index (κ1) is 8.57. The van der Waals surface area contributed by atoms with Crippen LogP contribution in [-0.4, -0.2) is 18.3 Å². The molecule has 0 saturated heterocycles. The van der Waals surface area contributed by atoms with E-state index in [-0.39, 0.29) is 6.61 Å². The largest absolute Gasteiger partial charge is 0.395 e. The van der Waals surface area contributed by atoms with Gasteiger partial charge >= 0.3 is 0 Å². The highest BCUT2D eigenvalue weighted by molar-refractivity contribution is 5.57. The summed E-state index contributed by atoms with van der Waals surface area (Å²) in [6.45, 7) is 4.08. The molecule has 1 N–H and O–H groups in total. The number of rotatable bonds is 2. The topological polar surface area (TPSA) is 23.5 Å². The Balaban J connectivity index is 2.26. The normalized spacial score (nSPS) is 15.6. The van der Waals surface area contributed by atoms with Gasteiger partial charge < -0.3 is 10.0 Å². The molecule has 2 heteroatoms. The fraction of sp³-hybridized carbons (Fsp3) is 0.364. The van der Waals surface area contributed by atoms with E-state index in [1.807, 2.05) is 11.0 Å². The Morgan fingerprint density at radius 2 is 2.23 bits per heavy atom. The molecule has 0 atom stereocenters. The molecule has 0 unspecified atom stereocenters. The smallest absolute Gasteiger partial charge is 0.0916 e. The van der Waals surface area contributed by atoms with Crippen LogP contribution in [-0.2, 0) is 6.42 Å². The minimum atomic E-state index is 0.182. The van der Waals surface area contributed by atoms with Crippen LogP contribution in [0, 0.1) is 6.54 Å². The predicted octanol–water partition coefficient (Wildman–Crippen LogP) is 1.47. The van der Waals surface area contributed by atoms with Crippen molar-refractivity contribution >= 4 is 5.69 Å². The molecule has 13 heavy (non-hydrogen) atoms. The molecule has 0 saturated carbocycles. The number of para-hydroxylation sites is 1. The first-order valence-corrected chi connectivity index (χ1v) is 4.61. The highest BCUT2D eigenvalue weighted by atomic mass is 16.3. The van der Waals surface area contributed by atoms with E-state index in [4.69, 9.17) is 5.11 Å². The molecule has 1 aliphatic heterocycles. The molecular weight excluding hydrogens is 162 g/mol. The van der Waals surface area contributed by atoms with Crippen LogP contribution in [0.25, 0.3) is 0 Å². The van der Waals surface area contributed by atoms with Gasteiger partial charge in [0, 0.05) is 12.2 Å². The molecule has 0 amide bonds. The number of hydrogen-bond acceptors (Lipinski definition) is 2. The van der Waals surface area contributed by atoms with E-state index in [9.17, 15) is 0 Å². The van der Waals surface area contributed by atoms with Crippen LogP contribution in [0.2, 0.25) is 0 Å². The zero-order valence-electron chi connectivity index (χ0n) is 7.53. The van der Waals surface area contributed by atoms with Crippen molar-refractivity contribution in [1.82, 2.24) is 0 Å². The van der Waals surface area contributed by atoms with E-state index in [2.05, 4.69) is 24.7 Å². The molecular formula is C11H13NO. The van der Waals surface area contributed by atoms with E-state index in [0.717, 1.165) is 12.8 Å². The quantitative estimate of drug-likeness (QED) is 0.735. The Hall–Kier alpha value is -1.02. The number of hydrogen-bond donors (Lipinski definition) is 1. The summed E-state index contributed by atoms with van der Waals surface area (Å²) in [7, 11) is 0. The van der Waals surface area contributed by atoms with E-state index in [1.54, 1.807) is 0 Å². The summed E-state index contributed by atoms with van der Waals surface area (Å²) in [5.41, 5.74) is 2.55. The van der Waals surface area contributed by atoms with Crippen molar-refractivity contribution in [2.75, 3.05) is 18.1 Å². The molecule has 0 aliphatic carbocycles. The average molecular weight is 175 g/mol. The Kier molecular flexibility index (Phi) is 2.50. The number of anilines is 1. The molecule has 2 nitrogen and oxygen atoms in total. The Morgan fingerprint density at radius 3 is 3.08 bits per heavy atom. The molecule has 0 aromatic heterocycles. The third kappa shape index (κ3) is 1.68. The van der Waals surface area contributed by atoms with Crippen LogP contribution in [0.5, 0.6) is 0 Å². The van der Waals surface area contributed by atoms with Crippen molar-refractivity contribution in [3.8, 4) is 0 Å². The average Bonchev–Trinajstić information content (AvgIpc) is 2.19. The second-order valence-corrected chi connectivity index (χ2v) is 3.16. The van der Waals surface area contributed by atoms with Crippen molar-refractivity contribution in [2.45, 2.75) is 12.8 Å². The standard InChI is InChI=1S/C11H13NO/c13-9-8-12-7-3-5-10-4-1-2-6-11(10)12/h1-2,4,6,13H,3,5,8-9H2. The lowest BCUT2D eigenvalue weighted by Crippen LogP contribution is -2.27. The molecule has 1 aromatic rings. The zero-order valence-corrected chi connectivity index (χ0v) is 7.53. The minimum absolute atomic E-state index is 0.182. The van der Waals surface area contributed by atoms with Gasteiger partial charge in [-0.2, -0.15) is 0 Å². The summed E-state index contributed by atoms with van der Waals surface area (Å²) in [5.74, 6) is 0. The lowest BCUT2D eigenvalue weighted by molar-refractivity contribution is 0.303. The molecule has 1 aliphatic rings. The van der Waals surface area contributed by atoms with Gasteiger partial charge in [-0.3, -0.25) is 0 Å². The summed E-state index contributed by atoms with van der Waals surface area (Å²) in [4.78, 5) is 2.01. The van der Waals surface area contributed by atoms with Gasteiger partial charge in [0.15, 0.2) is 0 Å². The molecule has 1 aromatic carbocycles. The van der Waals surface area contributed by atoms with E-state index < -0.39 is 0 Å². The van der Waals surface area contributed by atoms with Gasteiger partial charge in [-0.05, 0) is 24.5 Å². The minimum Gasteiger partial charge on any atom is -0.395 e. The Labute approximate surface area is 78.8 Å². The third-order valence-electron chi connectivity index (χ3n) is 2.30.